The van der Waals surface area contributed by atoms with Gasteiger partial charge < -0.3 is 14.8 Å². The summed E-state index contributed by atoms with van der Waals surface area (Å²) >= 11 is 0. The number of esters is 1. The Kier molecular flexibility index (Phi) is 9.37. The highest BCUT2D eigenvalue weighted by Crippen LogP contribution is 2.35. The zero-order valence-corrected chi connectivity index (χ0v) is 24.0. The van der Waals surface area contributed by atoms with E-state index < -0.39 is 0 Å². The summed E-state index contributed by atoms with van der Waals surface area (Å²) in [6.07, 6.45) is -0.0224. The van der Waals surface area contributed by atoms with Gasteiger partial charge in [0.15, 0.2) is 0 Å². The Bertz CT molecular complexity index is 1230. The highest BCUT2D eigenvalue weighted by Gasteiger charge is 2.20. The molecule has 1 N–H and O–H groups in total. The first-order valence-corrected chi connectivity index (χ1v) is 13.2. The van der Waals surface area contributed by atoms with Crippen LogP contribution in [-0.4, -0.2) is 25.5 Å². The highest BCUT2D eigenvalue weighted by atomic mass is 16.5. The van der Waals surface area contributed by atoms with Crippen molar-refractivity contribution in [2.75, 3.05) is 13.7 Å². The lowest BCUT2D eigenvalue weighted by Gasteiger charge is -2.25. The molecule has 0 aliphatic carbocycles. The van der Waals surface area contributed by atoms with E-state index >= 15 is 0 Å². The fourth-order valence-corrected chi connectivity index (χ4v) is 4.63. The van der Waals surface area contributed by atoms with Crippen LogP contribution in [0, 0.1) is 19.8 Å². The Morgan fingerprint density at radius 2 is 1.47 bits per heavy atom. The van der Waals surface area contributed by atoms with E-state index in [-0.39, 0.29) is 42.3 Å². The summed E-state index contributed by atoms with van der Waals surface area (Å²) in [5.41, 5.74) is 7.77. The van der Waals surface area contributed by atoms with E-state index in [0.29, 0.717) is 5.56 Å². The molecule has 38 heavy (non-hydrogen) atoms. The van der Waals surface area contributed by atoms with Gasteiger partial charge in [-0.15, -0.1) is 0 Å². The lowest BCUT2D eigenvalue weighted by molar-refractivity contribution is -0.140. The van der Waals surface area contributed by atoms with E-state index in [4.69, 9.17) is 4.74 Å². The number of carbonyl (C=O) groups is 2. The molecule has 5 nitrogen and oxygen atoms in total. The quantitative estimate of drug-likeness (QED) is 0.303. The maximum atomic E-state index is 12.4. The molecule has 0 aliphatic heterocycles. The lowest BCUT2D eigenvalue weighted by Crippen LogP contribution is -2.26. The maximum absolute atomic E-state index is 12.4. The van der Waals surface area contributed by atoms with Crippen molar-refractivity contribution in [1.82, 2.24) is 5.32 Å². The molecule has 1 unspecified atom stereocenters. The van der Waals surface area contributed by atoms with Gasteiger partial charge in [0.1, 0.15) is 11.9 Å². The van der Waals surface area contributed by atoms with Crippen LogP contribution in [0.3, 0.4) is 0 Å². The summed E-state index contributed by atoms with van der Waals surface area (Å²) in [4.78, 5) is 23.7. The largest absolute Gasteiger partial charge is 0.485 e. The van der Waals surface area contributed by atoms with Gasteiger partial charge in [-0.3, -0.25) is 9.59 Å². The number of aryl methyl sites for hydroxylation is 2. The molecular weight excluding hydrogens is 474 g/mol. The fourth-order valence-electron chi connectivity index (χ4n) is 4.63. The Morgan fingerprint density at radius 3 is 1.97 bits per heavy atom. The first-order chi connectivity index (χ1) is 17.9. The highest BCUT2D eigenvalue weighted by molar-refractivity contribution is 5.94. The third-order valence-electron chi connectivity index (χ3n) is 6.76. The first-order valence-electron chi connectivity index (χ1n) is 13.2. The molecule has 0 fully saturated rings. The van der Waals surface area contributed by atoms with Crippen LogP contribution in [0.1, 0.15) is 79.8 Å². The number of benzene rings is 3. The van der Waals surface area contributed by atoms with Gasteiger partial charge in [0.05, 0.1) is 13.5 Å². The second kappa shape index (κ2) is 12.3. The van der Waals surface area contributed by atoms with Crippen LogP contribution in [0.2, 0.25) is 0 Å². The van der Waals surface area contributed by atoms with E-state index in [9.17, 15) is 9.59 Å². The molecule has 0 saturated heterocycles. The molecule has 3 rings (SSSR count). The summed E-state index contributed by atoms with van der Waals surface area (Å²) in [7, 11) is 1.33. The van der Waals surface area contributed by atoms with Crippen molar-refractivity contribution in [3.8, 4) is 16.9 Å². The van der Waals surface area contributed by atoms with Gasteiger partial charge in [-0.25, -0.2) is 0 Å². The summed E-state index contributed by atoms with van der Waals surface area (Å²) in [5, 5.41) is 2.75. The molecule has 0 bridgehead atoms. The van der Waals surface area contributed by atoms with Gasteiger partial charge in [0.25, 0.3) is 5.91 Å². The lowest BCUT2D eigenvalue weighted by atomic mass is 9.85. The molecule has 0 heterocycles. The molecule has 1 atom stereocenters. The average molecular weight is 516 g/mol. The number of nitrogens with one attached hydrogen (secondary N) is 1. The Labute approximate surface area is 227 Å². The van der Waals surface area contributed by atoms with Crippen molar-refractivity contribution in [1.29, 1.82) is 0 Å². The Balaban J connectivity index is 1.76. The van der Waals surface area contributed by atoms with Crippen LogP contribution in [0.25, 0.3) is 11.1 Å². The van der Waals surface area contributed by atoms with Crippen molar-refractivity contribution < 1.29 is 19.1 Å². The number of hydrogen-bond donors (Lipinski definition) is 1. The number of amides is 1. The summed E-state index contributed by atoms with van der Waals surface area (Å²) < 4.78 is 11.1. The average Bonchev–Trinajstić information content (AvgIpc) is 2.86. The minimum absolute atomic E-state index is 0.124. The third kappa shape index (κ3) is 7.25. The van der Waals surface area contributed by atoms with Gasteiger partial charge in [-0.05, 0) is 82.8 Å². The van der Waals surface area contributed by atoms with E-state index in [1.165, 1.54) is 34.9 Å². The van der Waals surface area contributed by atoms with Gasteiger partial charge in [0.2, 0.25) is 0 Å². The van der Waals surface area contributed by atoms with Crippen LogP contribution in [0.5, 0.6) is 5.75 Å². The summed E-state index contributed by atoms with van der Waals surface area (Å²) in [6, 6.07) is 20.5. The Morgan fingerprint density at radius 1 is 0.895 bits per heavy atom. The smallest absolute Gasteiger partial charge is 0.307 e. The minimum atomic E-state index is -0.352. The summed E-state index contributed by atoms with van der Waals surface area (Å²) in [5.74, 6) is 0.479. The molecule has 3 aromatic carbocycles. The molecule has 3 aromatic rings. The van der Waals surface area contributed by atoms with E-state index in [1.54, 1.807) is 12.1 Å². The molecule has 0 spiro atoms. The van der Waals surface area contributed by atoms with Gasteiger partial charge in [-0.2, -0.15) is 0 Å². The minimum Gasteiger partial charge on any atom is -0.485 e. The van der Waals surface area contributed by atoms with Crippen molar-refractivity contribution in [3.05, 3.63) is 88.5 Å². The second-order valence-corrected chi connectivity index (χ2v) is 11.2. The van der Waals surface area contributed by atoms with Crippen molar-refractivity contribution >= 4 is 11.9 Å². The molecule has 1 amide bonds. The number of rotatable bonds is 9. The standard InChI is InChI=1S/C33H41NO4/c1-21(2)31(25-9-11-26(12-10-25)32(36)34-18-17-29(35)37-8)38-28-19-22(3)30(23(4)20-28)24-13-15-27(16-14-24)33(5,6)7/h9-16,19-21,31H,17-18H2,1-8H3,(H,34,36). The predicted molar refractivity (Wildman–Crippen MR) is 154 cm³/mol. The maximum Gasteiger partial charge on any atom is 0.307 e. The van der Waals surface area contributed by atoms with Crippen LogP contribution in [0.4, 0.5) is 0 Å². The van der Waals surface area contributed by atoms with Crippen LogP contribution in [0.15, 0.2) is 60.7 Å². The zero-order chi connectivity index (χ0) is 28.0. The van der Waals surface area contributed by atoms with Gasteiger partial charge >= 0.3 is 5.97 Å². The molecule has 0 aliphatic rings. The fraction of sp³-hybridized carbons (Fsp3) is 0.394. The zero-order valence-electron chi connectivity index (χ0n) is 24.0. The van der Waals surface area contributed by atoms with Crippen LogP contribution >= 0.6 is 0 Å². The SMILES string of the molecule is COC(=O)CCNC(=O)c1ccc(C(Oc2cc(C)c(-c3ccc(C(C)(C)C)cc3)c(C)c2)C(C)C)cc1. The first kappa shape index (κ1) is 29.0. The molecule has 0 radical (unpaired) electrons. The molecular formula is C33H41NO4. The van der Waals surface area contributed by atoms with Gasteiger partial charge in [-0.1, -0.05) is 71.0 Å². The molecule has 202 valence electrons. The monoisotopic (exact) mass is 515 g/mol. The normalized spacial score (nSPS) is 12.2. The van der Waals surface area contributed by atoms with Crippen LogP contribution < -0.4 is 10.1 Å². The van der Waals surface area contributed by atoms with Crippen molar-refractivity contribution in [2.24, 2.45) is 5.92 Å². The molecule has 0 saturated carbocycles. The van der Waals surface area contributed by atoms with E-state index in [0.717, 1.165) is 11.3 Å². The predicted octanol–water partition coefficient (Wildman–Crippen LogP) is 7.34. The number of carbonyl (C=O) groups excluding carboxylic acids is 2. The number of methoxy groups -OCH3 is 1. The topological polar surface area (TPSA) is 64.6 Å². The number of ether oxygens (including phenoxy) is 2. The molecule has 5 heteroatoms. The molecule has 0 aromatic heterocycles. The van der Waals surface area contributed by atoms with Crippen molar-refractivity contribution in [2.45, 2.75) is 66.4 Å². The van der Waals surface area contributed by atoms with Crippen LogP contribution in [-0.2, 0) is 14.9 Å². The summed E-state index contributed by atoms with van der Waals surface area (Å²) in [6.45, 7) is 15.4. The van der Waals surface area contributed by atoms with E-state index in [2.05, 4.69) is 94.9 Å². The third-order valence-corrected chi connectivity index (χ3v) is 6.76. The second-order valence-electron chi connectivity index (χ2n) is 11.2. The van der Waals surface area contributed by atoms with E-state index in [1.807, 2.05) is 12.1 Å². The van der Waals surface area contributed by atoms with Gasteiger partial charge in [0, 0.05) is 12.1 Å². The number of hydrogen-bond acceptors (Lipinski definition) is 4. The Hall–Kier alpha value is -3.60. The van der Waals surface area contributed by atoms with Crippen molar-refractivity contribution in [3.63, 3.8) is 0 Å².